The van der Waals surface area contributed by atoms with E-state index in [1.165, 1.54) is 64.6 Å². The highest BCUT2D eigenvalue weighted by Gasteiger charge is 2.19. The molecule has 7 heteroatoms. The van der Waals surface area contributed by atoms with Crippen molar-refractivity contribution in [2.45, 2.75) is 51.4 Å². The van der Waals surface area contributed by atoms with Crippen LogP contribution >= 0.6 is 0 Å². The van der Waals surface area contributed by atoms with Crippen LogP contribution in [-0.2, 0) is 0 Å². The number of nitrogens with one attached hydrogen (secondary N) is 1. The van der Waals surface area contributed by atoms with Gasteiger partial charge in [0.2, 0.25) is 5.95 Å². The third-order valence-electron chi connectivity index (χ3n) is 6.47. The Morgan fingerprint density at radius 3 is 2.29 bits per heavy atom. The smallest absolute Gasteiger partial charge is 0.227 e. The van der Waals surface area contributed by atoms with E-state index in [1.807, 2.05) is 12.1 Å². The minimum absolute atomic E-state index is 0.699. The third kappa shape index (κ3) is 5.50. The molecule has 4 rings (SSSR count). The molecule has 170 valence electrons. The summed E-state index contributed by atoms with van der Waals surface area (Å²) < 4.78 is 11.0. The first-order chi connectivity index (χ1) is 15.3. The van der Waals surface area contributed by atoms with Gasteiger partial charge < -0.3 is 24.6 Å². The van der Waals surface area contributed by atoms with E-state index in [0.29, 0.717) is 11.5 Å². The molecule has 2 aliphatic heterocycles. The molecule has 1 aromatic carbocycles. The molecule has 0 amide bonds. The predicted molar refractivity (Wildman–Crippen MR) is 127 cm³/mol. The lowest BCUT2D eigenvalue weighted by Gasteiger charge is -2.26. The van der Waals surface area contributed by atoms with Gasteiger partial charge in [-0.25, -0.2) is 4.98 Å². The number of rotatable bonds is 10. The van der Waals surface area contributed by atoms with Gasteiger partial charge in [-0.3, -0.25) is 0 Å². The van der Waals surface area contributed by atoms with Crippen molar-refractivity contribution < 1.29 is 9.47 Å². The quantitative estimate of drug-likeness (QED) is 0.567. The molecule has 0 radical (unpaired) electrons. The van der Waals surface area contributed by atoms with Crippen molar-refractivity contribution in [1.29, 1.82) is 0 Å². The molecule has 0 bridgehead atoms. The number of aromatic nitrogens is 2. The highest BCUT2D eigenvalue weighted by molar-refractivity contribution is 5.92. The molecule has 0 spiro atoms. The number of benzene rings is 1. The van der Waals surface area contributed by atoms with E-state index in [1.54, 1.807) is 14.2 Å². The SMILES string of the molecule is COc1cc2nc(N3CCCC3)nc(NCCCCCN3CCCCC3)c2cc1OC. The number of likely N-dealkylation sites (tertiary alicyclic amines) is 1. The second-order valence-electron chi connectivity index (χ2n) is 8.68. The van der Waals surface area contributed by atoms with Gasteiger partial charge in [0.05, 0.1) is 19.7 Å². The fourth-order valence-electron chi connectivity index (χ4n) is 4.66. The lowest BCUT2D eigenvalue weighted by molar-refractivity contribution is 0.224. The fraction of sp³-hybridized carbons (Fsp3) is 0.667. The topological polar surface area (TPSA) is 62.8 Å². The number of anilines is 2. The van der Waals surface area contributed by atoms with Crippen LogP contribution in [-0.4, -0.2) is 68.4 Å². The molecule has 7 nitrogen and oxygen atoms in total. The Labute approximate surface area is 186 Å². The summed E-state index contributed by atoms with van der Waals surface area (Å²) in [6, 6.07) is 3.94. The van der Waals surface area contributed by atoms with E-state index >= 15 is 0 Å². The predicted octanol–water partition coefficient (Wildman–Crippen LogP) is 4.32. The summed E-state index contributed by atoms with van der Waals surface area (Å²) >= 11 is 0. The van der Waals surface area contributed by atoms with E-state index in [2.05, 4.69) is 15.1 Å². The van der Waals surface area contributed by atoms with Crippen LogP contribution in [0, 0.1) is 0 Å². The van der Waals surface area contributed by atoms with E-state index in [9.17, 15) is 0 Å². The van der Waals surface area contributed by atoms with Gasteiger partial charge in [-0.15, -0.1) is 0 Å². The first-order valence-corrected chi connectivity index (χ1v) is 11.9. The maximum Gasteiger partial charge on any atom is 0.227 e. The van der Waals surface area contributed by atoms with Crippen molar-refractivity contribution in [3.05, 3.63) is 12.1 Å². The first kappa shape index (κ1) is 21.9. The van der Waals surface area contributed by atoms with Gasteiger partial charge in [-0.2, -0.15) is 4.98 Å². The second-order valence-corrected chi connectivity index (χ2v) is 8.68. The Morgan fingerprint density at radius 2 is 1.55 bits per heavy atom. The van der Waals surface area contributed by atoms with Crippen molar-refractivity contribution in [2.24, 2.45) is 0 Å². The number of ether oxygens (including phenoxy) is 2. The second kappa shape index (κ2) is 10.8. The lowest BCUT2D eigenvalue weighted by atomic mass is 10.1. The zero-order valence-electron chi connectivity index (χ0n) is 19.2. The molecule has 3 heterocycles. The number of hydrogen-bond donors (Lipinski definition) is 1. The number of piperidine rings is 1. The molecule has 0 unspecified atom stereocenters. The summed E-state index contributed by atoms with van der Waals surface area (Å²) in [5.41, 5.74) is 0.891. The summed E-state index contributed by atoms with van der Waals surface area (Å²) in [5.74, 6) is 3.11. The molecule has 0 atom stereocenters. The van der Waals surface area contributed by atoms with Gasteiger partial charge in [0.25, 0.3) is 0 Å². The number of unbranched alkanes of at least 4 members (excludes halogenated alkanes) is 2. The molecule has 1 aromatic heterocycles. The highest BCUT2D eigenvalue weighted by atomic mass is 16.5. The van der Waals surface area contributed by atoms with Crippen LogP contribution in [0.3, 0.4) is 0 Å². The summed E-state index contributed by atoms with van der Waals surface area (Å²) in [6.07, 6.45) is 10.2. The summed E-state index contributed by atoms with van der Waals surface area (Å²) in [4.78, 5) is 14.6. The molecule has 2 aliphatic rings. The zero-order valence-corrected chi connectivity index (χ0v) is 19.2. The highest BCUT2D eigenvalue weighted by Crippen LogP contribution is 2.35. The molecule has 2 saturated heterocycles. The monoisotopic (exact) mass is 427 g/mol. The van der Waals surface area contributed by atoms with E-state index < -0.39 is 0 Å². The molecule has 1 N–H and O–H groups in total. The van der Waals surface area contributed by atoms with Crippen LogP contribution in [0.25, 0.3) is 10.9 Å². The van der Waals surface area contributed by atoms with Crippen LogP contribution < -0.4 is 19.7 Å². The summed E-state index contributed by atoms with van der Waals surface area (Å²) in [6.45, 7) is 6.78. The van der Waals surface area contributed by atoms with E-state index in [4.69, 9.17) is 19.4 Å². The Kier molecular flexibility index (Phi) is 7.67. The molecule has 0 aliphatic carbocycles. The van der Waals surface area contributed by atoms with Crippen molar-refractivity contribution >= 4 is 22.7 Å². The summed E-state index contributed by atoms with van der Waals surface area (Å²) in [7, 11) is 3.33. The minimum Gasteiger partial charge on any atom is -0.493 e. The van der Waals surface area contributed by atoms with E-state index in [-0.39, 0.29) is 0 Å². The lowest BCUT2D eigenvalue weighted by Crippen LogP contribution is -2.30. The largest absolute Gasteiger partial charge is 0.493 e. The first-order valence-electron chi connectivity index (χ1n) is 11.9. The van der Waals surface area contributed by atoms with Gasteiger partial charge in [0.15, 0.2) is 11.5 Å². The maximum atomic E-state index is 5.52. The average molecular weight is 428 g/mol. The molecule has 0 saturated carbocycles. The van der Waals surface area contributed by atoms with Crippen molar-refractivity contribution in [3.63, 3.8) is 0 Å². The van der Waals surface area contributed by atoms with Crippen molar-refractivity contribution in [2.75, 3.05) is 63.7 Å². The van der Waals surface area contributed by atoms with Gasteiger partial charge in [-0.1, -0.05) is 12.8 Å². The van der Waals surface area contributed by atoms with Crippen LogP contribution in [0.2, 0.25) is 0 Å². The van der Waals surface area contributed by atoms with E-state index in [0.717, 1.165) is 48.7 Å². The molecular formula is C24H37N5O2. The van der Waals surface area contributed by atoms with Gasteiger partial charge in [-0.05, 0) is 64.2 Å². The zero-order chi connectivity index (χ0) is 21.5. The Balaban J connectivity index is 1.42. The fourth-order valence-corrected chi connectivity index (χ4v) is 4.66. The maximum absolute atomic E-state index is 5.52. The Hall–Kier alpha value is -2.28. The van der Waals surface area contributed by atoms with Gasteiger partial charge >= 0.3 is 0 Å². The standard InChI is InChI=1S/C24H37N5O2/c1-30-21-17-19-20(18-22(21)31-2)26-24(29-15-9-10-16-29)27-23(19)25-11-5-3-6-12-28-13-7-4-8-14-28/h17-18H,3-16H2,1-2H3,(H,25,26,27). The molecule has 2 aromatic rings. The number of nitrogens with zero attached hydrogens (tertiary/aromatic N) is 4. The molecule has 2 fully saturated rings. The number of methoxy groups -OCH3 is 2. The van der Waals surface area contributed by atoms with Crippen molar-refractivity contribution in [3.8, 4) is 11.5 Å². The normalized spacial score (nSPS) is 17.3. The van der Waals surface area contributed by atoms with Gasteiger partial charge in [0, 0.05) is 31.1 Å². The number of fused-ring (bicyclic) bond motifs is 1. The summed E-state index contributed by atoms with van der Waals surface area (Å²) in [5, 5.41) is 4.57. The van der Waals surface area contributed by atoms with Crippen molar-refractivity contribution in [1.82, 2.24) is 14.9 Å². The Bertz CT molecular complexity index is 847. The third-order valence-corrected chi connectivity index (χ3v) is 6.47. The van der Waals surface area contributed by atoms with Crippen LogP contribution in [0.1, 0.15) is 51.4 Å². The van der Waals surface area contributed by atoms with Crippen LogP contribution in [0.5, 0.6) is 11.5 Å². The minimum atomic E-state index is 0.699. The van der Waals surface area contributed by atoms with Gasteiger partial charge in [0.1, 0.15) is 5.82 Å². The van der Waals surface area contributed by atoms with Crippen LogP contribution in [0.15, 0.2) is 12.1 Å². The Morgan fingerprint density at radius 1 is 0.839 bits per heavy atom. The van der Waals surface area contributed by atoms with Crippen LogP contribution in [0.4, 0.5) is 11.8 Å². The number of hydrogen-bond acceptors (Lipinski definition) is 7. The molecule has 31 heavy (non-hydrogen) atoms. The molecular weight excluding hydrogens is 390 g/mol. The average Bonchev–Trinajstić information content (AvgIpc) is 3.36.